The monoisotopic (exact) mass is 403 g/mol. The molecule has 0 radical (unpaired) electrons. The van der Waals surface area contributed by atoms with Gasteiger partial charge in [0.25, 0.3) is 0 Å². The van der Waals surface area contributed by atoms with Crippen molar-refractivity contribution in [2.75, 3.05) is 0 Å². The molecule has 0 bridgehead atoms. The Hall–Kier alpha value is -3.64. The summed E-state index contributed by atoms with van der Waals surface area (Å²) in [6.45, 7) is 3.78. The van der Waals surface area contributed by atoms with Gasteiger partial charge in [-0.2, -0.15) is 9.94 Å². The van der Waals surface area contributed by atoms with Gasteiger partial charge in [0, 0.05) is 0 Å². The Labute approximate surface area is 170 Å². The molecule has 144 valence electrons. The zero-order valence-electron chi connectivity index (χ0n) is 15.7. The number of aromatic nitrogens is 6. The van der Waals surface area contributed by atoms with Crippen LogP contribution in [0.25, 0.3) is 22.3 Å². The molecular formula is C20H17N7OS. The number of hydrogen-bond acceptors (Lipinski definition) is 7. The van der Waals surface area contributed by atoms with Crippen LogP contribution in [0.4, 0.5) is 0 Å². The van der Waals surface area contributed by atoms with Crippen molar-refractivity contribution in [1.82, 2.24) is 30.2 Å². The van der Waals surface area contributed by atoms with Crippen LogP contribution in [0, 0.1) is 18.3 Å². The van der Waals surface area contributed by atoms with E-state index in [1.165, 1.54) is 11.8 Å². The molecule has 2 aromatic carbocycles. The summed E-state index contributed by atoms with van der Waals surface area (Å²) in [4.78, 5) is 7.49. The second kappa shape index (κ2) is 7.77. The minimum atomic E-state index is -0.465. The third-order valence-electron chi connectivity index (χ3n) is 4.35. The summed E-state index contributed by atoms with van der Waals surface area (Å²) in [5.74, 6) is 0.243. The lowest BCUT2D eigenvalue weighted by Gasteiger charge is -2.11. The summed E-state index contributed by atoms with van der Waals surface area (Å²) in [6.07, 6.45) is 0. The lowest BCUT2D eigenvalue weighted by molar-refractivity contribution is 0.401. The Morgan fingerprint density at radius 3 is 2.83 bits per heavy atom. The van der Waals surface area contributed by atoms with Crippen molar-refractivity contribution in [1.29, 1.82) is 5.26 Å². The lowest BCUT2D eigenvalue weighted by atomic mass is 10.2. The number of H-pyrrole nitrogens is 1. The second-order valence-corrected chi connectivity index (χ2v) is 7.75. The van der Waals surface area contributed by atoms with Gasteiger partial charge in [-0.1, -0.05) is 36.0 Å². The number of aliphatic hydroxyl groups is 1. The number of nitrogens with one attached hydrogen (secondary N) is 1. The summed E-state index contributed by atoms with van der Waals surface area (Å²) in [7, 11) is 0. The minimum Gasteiger partial charge on any atom is -0.510 e. The van der Waals surface area contributed by atoms with Gasteiger partial charge in [-0.15, -0.1) is 5.10 Å². The van der Waals surface area contributed by atoms with Gasteiger partial charge in [0.05, 0.1) is 22.0 Å². The molecule has 0 aliphatic rings. The Morgan fingerprint density at radius 2 is 2.07 bits per heavy atom. The van der Waals surface area contributed by atoms with E-state index in [1.54, 1.807) is 11.6 Å². The van der Waals surface area contributed by atoms with Crippen molar-refractivity contribution < 1.29 is 5.11 Å². The summed E-state index contributed by atoms with van der Waals surface area (Å²) >= 11 is 1.26. The SMILES string of the molecule is Cc1cccc(-n2nnnc2SC(C)/C(O)=C(\C#N)c2nc3ccccc3[nH]2)c1. The maximum atomic E-state index is 10.8. The van der Waals surface area contributed by atoms with Crippen LogP contribution in [0.15, 0.2) is 59.4 Å². The normalized spacial score (nSPS) is 13.1. The van der Waals surface area contributed by atoms with E-state index in [0.29, 0.717) is 11.0 Å². The van der Waals surface area contributed by atoms with E-state index in [2.05, 4.69) is 31.6 Å². The second-order valence-electron chi connectivity index (χ2n) is 6.45. The molecule has 2 aromatic heterocycles. The molecule has 9 heteroatoms. The van der Waals surface area contributed by atoms with Gasteiger partial charge >= 0.3 is 0 Å². The highest BCUT2D eigenvalue weighted by Gasteiger charge is 2.22. The summed E-state index contributed by atoms with van der Waals surface area (Å²) < 4.78 is 1.61. The topological polar surface area (TPSA) is 116 Å². The van der Waals surface area contributed by atoms with E-state index in [9.17, 15) is 10.4 Å². The molecule has 8 nitrogen and oxygen atoms in total. The lowest BCUT2D eigenvalue weighted by Crippen LogP contribution is -2.07. The number of thioether (sulfide) groups is 1. The molecule has 4 rings (SSSR count). The van der Waals surface area contributed by atoms with Gasteiger partial charge in [0.2, 0.25) is 5.16 Å². The minimum absolute atomic E-state index is 0.0876. The van der Waals surface area contributed by atoms with E-state index in [1.807, 2.05) is 55.5 Å². The number of hydrogen-bond donors (Lipinski definition) is 2. The average molecular weight is 403 g/mol. The first kappa shape index (κ1) is 18.7. The van der Waals surface area contributed by atoms with Gasteiger partial charge in [-0.3, -0.25) is 0 Å². The number of para-hydroxylation sites is 2. The van der Waals surface area contributed by atoms with Crippen LogP contribution in [0.5, 0.6) is 0 Å². The Morgan fingerprint density at radius 1 is 1.24 bits per heavy atom. The fourth-order valence-electron chi connectivity index (χ4n) is 2.89. The first-order valence-corrected chi connectivity index (χ1v) is 9.75. The van der Waals surface area contributed by atoms with E-state index >= 15 is 0 Å². The number of benzene rings is 2. The molecule has 0 amide bonds. The van der Waals surface area contributed by atoms with E-state index in [-0.39, 0.29) is 11.3 Å². The molecule has 1 unspecified atom stereocenters. The quantitative estimate of drug-likeness (QED) is 0.295. The molecule has 29 heavy (non-hydrogen) atoms. The highest BCUT2D eigenvalue weighted by atomic mass is 32.2. The van der Waals surface area contributed by atoms with Crippen LogP contribution in [-0.2, 0) is 0 Å². The van der Waals surface area contributed by atoms with Crippen molar-refractivity contribution in [2.24, 2.45) is 0 Å². The van der Waals surface area contributed by atoms with Crippen molar-refractivity contribution in [2.45, 2.75) is 24.3 Å². The third kappa shape index (κ3) is 3.70. The number of nitrogens with zero attached hydrogens (tertiary/aromatic N) is 6. The van der Waals surface area contributed by atoms with Gasteiger partial charge in [-0.25, -0.2) is 4.98 Å². The number of aliphatic hydroxyl groups excluding tert-OH is 1. The van der Waals surface area contributed by atoms with Crippen LogP contribution in [0.2, 0.25) is 0 Å². The van der Waals surface area contributed by atoms with Crippen LogP contribution < -0.4 is 0 Å². The van der Waals surface area contributed by atoms with Crippen molar-refractivity contribution in [3.8, 4) is 11.8 Å². The number of allylic oxidation sites excluding steroid dienone is 1. The number of nitriles is 1. The molecule has 2 N–H and O–H groups in total. The van der Waals surface area contributed by atoms with Gasteiger partial charge < -0.3 is 10.1 Å². The molecule has 0 spiro atoms. The smallest absolute Gasteiger partial charge is 0.214 e. The molecule has 0 fully saturated rings. The van der Waals surface area contributed by atoms with Gasteiger partial charge in [0.15, 0.2) is 5.82 Å². The first-order valence-electron chi connectivity index (χ1n) is 8.87. The highest BCUT2D eigenvalue weighted by molar-refractivity contribution is 7.99. The number of fused-ring (bicyclic) bond motifs is 1. The molecule has 2 heterocycles. The predicted molar refractivity (Wildman–Crippen MR) is 110 cm³/mol. The standard InChI is InChI=1S/C20H17N7OS/c1-12-6-5-7-14(10-12)27-20(24-25-26-27)29-13(2)18(28)15(11-21)19-22-16-8-3-4-9-17(16)23-19/h3-10,13,28H,1-2H3,(H,22,23)/b18-15-. The van der Waals surface area contributed by atoms with Crippen molar-refractivity contribution >= 4 is 28.4 Å². The maximum Gasteiger partial charge on any atom is 0.214 e. The Balaban J connectivity index is 1.65. The average Bonchev–Trinajstić information content (AvgIpc) is 3.35. The van der Waals surface area contributed by atoms with Gasteiger partial charge in [0.1, 0.15) is 17.4 Å². The maximum absolute atomic E-state index is 10.8. The van der Waals surface area contributed by atoms with Crippen LogP contribution in [0.1, 0.15) is 18.3 Å². The number of imidazole rings is 1. The predicted octanol–water partition coefficient (Wildman–Crippen LogP) is 3.82. The Kier molecular flexibility index (Phi) is 5.01. The van der Waals surface area contributed by atoms with E-state index in [4.69, 9.17) is 0 Å². The molecule has 0 saturated carbocycles. The first-order chi connectivity index (χ1) is 14.1. The summed E-state index contributed by atoms with van der Waals surface area (Å²) in [6, 6.07) is 17.3. The Bertz CT molecular complexity index is 1220. The van der Waals surface area contributed by atoms with Crippen LogP contribution in [0.3, 0.4) is 0 Å². The van der Waals surface area contributed by atoms with E-state index < -0.39 is 5.25 Å². The molecule has 0 saturated heterocycles. The molecule has 4 aromatic rings. The molecular weight excluding hydrogens is 386 g/mol. The third-order valence-corrected chi connectivity index (χ3v) is 5.39. The number of rotatable bonds is 5. The van der Waals surface area contributed by atoms with E-state index in [0.717, 1.165) is 22.3 Å². The van der Waals surface area contributed by atoms with Crippen LogP contribution >= 0.6 is 11.8 Å². The van der Waals surface area contributed by atoms with Crippen molar-refractivity contribution in [3.05, 3.63) is 65.7 Å². The summed E-state index contributed by atoms with van der Waals surface area (Å²) in [5.41, 5.74) is 3.53. The fraction of sp³-hybridized carbons (Fsp3) is 0.150. The molecule has 1 atom stereocenters. The molecule has 0 aliphatic carbocycles. The number of tetrazole rings is 1. The fourth-order valence-corrected chi connectivity index (χ4v) is 3.77. The number of aryl methyl sites for hydroxylation is 1. The summed E-state index contributed by atoms with van der Waals surface area (Å²) in [5, 5.41) is 32.3. The zero-order chi connectivity index (χ0) is 20.4. The van der Waals surface area contributed by atoms with Gasteiger partial charge in [-0.05, 0) is 54.1 Å². The zero-order valence-corrected chi connectivity index (χ0v) is 16.6. The number of aromatic amines is 1. The van der Waals surface area contributed by atoms with Crippen molar-refractivity contribution in [3.63, 3.8) is 0 Å². The highest BCUT2D eigenvalue weighted by Crippen LogP contribution is 2.30. The largest absolute Gasteiger partial charge is 0.510 e. The van der Waals surface area contributed by atoms with Crippen LogP contribution in [-0.4, -0.2) is 40.5 Å². The molecule has 0 aliphatic heterocycles.